The van der Waals surface area contributed by atoms with Crippen LogP contribution in [0, 0.1) is 0 Å². The summed E-state index contributed by atoms with van der Waals surface area (Å²) in [6, 6.07) is 6.06. The minimum absolute atomic E-state index is 0.0638. The van der Waals surface area contributed by atoms with Crippen molar-refractivity contribution >= 4 is 33.1 Å². The highest BCUT2D eigenvalue weighted by Gasteiger charge is 2.33. The molecule has 3 rings (SSSR count). The number of rotatable bonds is 2. The Kier molecular flexibility index (Phi) is 4.36. The largest absolute Gasteiger partial charge is 0.444 e. The maximum atomic E-state index is 12.0. The summed E-state index contributed by atoms with van der Waals surface area (Å²) in [5.41, 5.74) is 1.48. The Morgan fingerprint density at radius 2 is 2.17 bits per heavy atom. The first-order valence-electron chi connectivity index (χ1n) is 7.96. The number of imidazole rings is 1. The highest BCUT2D eigenvalue weighted by atomic mass is 79.9. The van der Waals surface area contributed by atoms with Crippen molar-refractivity contribution in [1.82, 2.24) is 15.3 Å². The zero-order valence-corrected chi connectivity index (χ0v) is 15.2. The lowest BCUT2D eigenvalue weighted by Crippen LogP contribution is -2.40. The highest BCUT2D eigenvalue weighted by molar-refractivity contribution is 9.10. The molecule has 1 saturated carbocycles. The molecule has 0 saturated heterocycles. The van der Waals surface area contributed by atoms with E-state index in [0.717, 1.165) is 40.6 Å². The quantitative estimate of drug-likeness (QED) is 0.807. The van der Waals surface area contributed by atoms with Gasteiger partial charge in [0.05, 0.1) is 11.0 Å². The summed E-state index contributed by atoms with van der Waals surface area (Å²) in [5, 5.41) is 3.01. The topological polar surface area (TPSA) is 67.0 Å². The second-order valence-corrected chi connectivity index (χ2v) is 7.99. The maximum absolute atomic E-state index is 12.0. The third-order valence-corrected chi connectivity index (χ3v) is 4.52. The van der Waals surface area contributed by atoms with E-state index >= 15 is 0 Å². The lowest BCUT2D eigenvalue weighted by Gasteiger charge is -2.24. The molecule has 0 unspecified atom stereocenters. The molecule has 1 aliphatic carbocycles. The molecule has 2 N–H and O–H groups in total. The van der Waals surface area contributed by atoms with Crippen LogP contribution in [-0.2, 0) is 4.74 Å². The second-order valence-electron chi connectivity index (χ2n) is 7.07. The Morgan fingerprint density at radius 3 is 2.91 bits per heavy atom. The first-order chi connectivity index (χ1) is 10.8. The van der Waals surface area contributed by atoms with Crippen LogP contribution in [0.3, 0.4) is 0 Å². The number of ether oxygens (including phenoxy) is 1. The van der Waals surface area contributed by atoms with E-state index in [1.165, 1.54) is 0 Å². The van der Waals surface area contributed by atoms with E-state index in [9.17, 15) is 4.79 Å². The van der Waals surface area contributed by atoms with Gasteiger partial charge in [0.2, 0.25) is 0 Å². The number of amides is 1. The second kappa shape index (κ2) is 6.15. The predicted octanol–water partition coefficient (Wildman–Crippen LogP) is 4.49. The molecule has 1 amide bonds. The maximum Gasteiger partial charge on any atom is 0.407 e. The average Bonchev–Trinajstić information content (AvgIpc) is 3.01. The molecule has 0 bridgehead atoms. The molecule has 1 fully saturated rings. The third-order valence-electron chi connectivity index (χ3n) is 4.03. The monoisotopic (exact) mass is 379 g/mol. The Morgan fingerprint density at radius 1 is 1.39 bits per heavy atom. The van der Waals surface area contributed by atoms with Crippen molar-refractivity contribution < 1.29 is 9.53 Å². The summed E-state index contributed by atoms with van der Waals surface area (Å²) in [7, 11) is 0. The number of fused-ring (bicyclic) bond motifs is 1. The fraction of sp³-hybridized carbons (Fsp3) is 0.529. The van der Waals surface area contributed by atoms with Gasteiger partial charge in [0, 0.05) is 16.4 Å². The van der Waals surface area contributed by atoms with Gasteiger partial charge in [0.25, 0.3) is 0 Å². The van der Waals surface area contributed by atoms with E-state index in [2.05, 4.69) is 26.2 Å². The molecular formula is C17H22BrN3O2. The molecule has 2 aromatic rings. The Bertz CT molecular complexity index is 720. The van der Waals surface area contributed by atoms with Crippen molar-refractivity contribution in [2.24, 2.45) is 0 Å². The first-order valence-corrected chi connectivity index (χ1v) is 8.76. The van der Waals surface area contributed by atoms with Gasteiger partial charge in [-0.1, -0.05) is 22.4 Å². The van der Waals surface area contributed by atoms with Crippen LogP contribution in [0.25, 0.3) is 11.0 Å². The molecule has 1 heterocycles. The van der Waals surface area contributed by atoms with Gasteiger partial charge in [-0.2, -0.15) is 0 Å². The van der Waals surface area contributed by atoms with Crippen molar-refractivity contribution in [3.63, 3.8) is 0 Å². The summed E-state index contributed by atoms with van der Waals surface area (Å²) < 4.78 is 6.39. The van der Waals surface area contributed by atoms with Gasteiger partial charge in [-0.25, -0.2) is 9.78 Å². The van der Waals surface area contributed by atoms with E-state index < -0.39 is 5.60 Å². The molecule has 6 heteroatoms. The molecule has 0 radical (unpaired) electrons. The molecule has 5 nitrogen and oxygen atoms in total. The van der Waals surface area contributed by atoms with Crippen LogP contribution in [0.2, 0.25) is 0 Å². The van der Waals surface area contributed by atoms with E-state index in [1.807, 2.05) is 39.0 Å². The van der Waals surface area contributed by atoms with Gasteiger partial charge in [0.15, 0.2) is 0 Å². The van der Waals surface area contributed by atoms with Crippen LogP contribution in [0.15, 0.2) is 22.7 Å². The van der Waals surface area contributed by atoms with Crippen LogP contribution in [0.4, 0.5) is 4.79 Å². The van der Waals surface area contributed by atoms with Crippen LogP contribution >= 0.6 is 15.9 Å². The van der Waals surface area contributed by atoms with Crippen LogP contribution in [0.1, 0.15) is 51.8 Å². The Hall–Kier alpha value is -1.56. The summed E-state index contributed by atoms with van der Waals surface area (Å²) in [5.74, 6) is 1.14. The minimum atomic E-state index is -0.482. The highest BCUT2D eigenvalue weighted by Crippen LogP contribution is 2.34. The summed E-state index contributed by atoms with van der Waals surface area (Å²) in [6.45, 7) is 5.61. The number of aromatic amines is 1. The molecule has 23 heavy (non-hydrogen) atoms. The lowest BCUT2D eigenvalue weighted by molar-refractivity contribution is 0.0500. The number of alkyl carbamates (subject to hydrolysis) is 1. The summed E-state index contributed by atoms with van der Waals surface area (Å²) >= 11 is 3.48. The minimum Gasteiger partial charge on any atom is -0.444 e. The smallest absolute Gasteiger partial charge is 0.407 e. The van der Waals surface area contributed by atoms with Crippen molar-refractivity contribution in [3.8, 4) is 0 Å². The molecule has 1 aromatic carbocycles. The third kappa shape index (κ3) is 3.86. The van der Waals surface area contributed by atoms with Gasteiger partial charge < -0.3 is 15.0 Å². The number of hydrogen-bond acceptors (Lipinski definition) is 3. The molecule has 0 spiro atoms. The van der Waals surface area contributed by atoms with Gasteiger partial charge >= 0.3 is 6.09 Å². The first kappa shape index (κ1) is 16.3. The number of carbonyl (C=O) groups is 1. The van der Waals surface area contributed by atoms with Gasteiger partial charge in [0.1, 0.15) is 11.4 Å². The van der Waals surface area contributed by atoms with E-state index in [-0.39, 0.29) is 18.1 Å². The van der Waals surface area contributed by atoms with E-state index in [0.29, 0.717) is 0 Å². The molecular weight excluding hydrogens is 358 g/mol. The number of aromatic nitrogens is 2. The van der Waals surface area contributed by atoms with Crippen molar-refractivity contribution in [1.29, 1.82) is 0 Å². The fourth-order valence-electron chi connectivity index (χ4n) is 3.10. The van der Waals surface area contributed by atoms with Gasteiger partial charge in [-0.3, -0.25) is 0 Å². The number of nitrogens with one attached hydrogen (secondary N) is 2. The van der Waals surface area contributed by atoms with Gasteiger partial charge in [-0.05, 0) is 51.8 Å². The number of benzene rings is 1. The number of halogens is 1. The molecule has 2 atom stereocenters. The van der Waals surface area contributed by atoms with Crippen molar-refractivity contribution in [2.75, 3.05) is 0 Å². The SMILES string of the molecule is CC(C)(C)OC(=O)N[C@H]1CCC[C@H]1c1nc2ccc(Br)cc2[nH]1. The number of hydrogen-bond donors (Lipinski definition) is 2. The summed E-state index contributed by atoms with van der Waals surface area (Å²) in [6.07, 6.45) is 2.69. The Balaban J connectivity index is 1.76. The number of H-pyrrole nitrogens is 1. The number of nitrogens with zero attached hydrogens (tertiary/aromatic N) is 1. The predicted molar refractivity (Wildman–Crippen MR) is 93.5 cm³/mol. The zero-order valence-electron chi connectivity index (χ0n) is 13.6. The lowest BCUT2D eigenvalue weighted by atomic mass is 10.0. The Labute approximate surface area is 144 Å². The summed E-state index contributed by atoms with van der Waals surface area (Å²) in [4.78, 5) is 20.1. The number of carbonyl (C=O) groups excluding carboxylic acids is 1. The van der Waals surface area contributed by atoms with Crippen molar-refractivity contribution in [2.45, 2.75) is 57.6 Å². The molecule has 1 aromatic heterocycles. The van der Waals surface area contributed by atoms with E-state index in [1.54, 1.807) is 0 Å². The van der Waals surface area contributed by atoms with Crippen molar-refractivity contribution in [3.05, 3.63) is 28.5 Å². The normalized spacial score (nSPS) is 21.6. The average molecular weight is 380 g/mol. The van der Waals surface area contributed by atoms with Gasteiger partial charge in [-0.15, -0.1) is 0 Å². The molecule has 1 aliphatic rings. The van der Waals surface area contributed by atoms with Crippen LogP contribution in [0.5, 0.6) is 0 Å². The molecule has 0 aliphatic heterocycles. The van der Waals surface area contributed by atoms with E-state index in [4.69, 9.17) is 9.72 Å². The molecule has 124 valence electrons. The zero-order chi connectivity index (χ0) is 16.6. The van der Waals surface area contributed by atoms with Crippen LogP contribution in [-0.4, -0.2) is 27.7 Å². The standard InChI is InChI=1S/C17H22BrN3O2/c1-17(2,3)23-16(22)21-12-6-4-5-11(12)15-19-13-8-7-10(18)9-14(13)20-15/h7-9,11-12H,4-6H2,1-3H3,(H,19,20)(H,21,22)/t11-,12+/m1/s1. The fourth-order valence-corrected chi connectivity index (χ4v) is 3.46. The van der Waals surface area contributed by atoms with Crippen LogP contribution < -0.4 is 5.32 Å².